The summed E-state index contributed by atoms with van der Waals surface area (Å²) in [4.78, 5) is 4.73. The third-order valence-electron chi connectivity index (χ3n) is 3.75. The Labute approximate surface area is 127 Å². The smallest absolute Gasteiger partial charge is 0.0558 e. The number of aliphatic hydroxyl groups excluding tert-OH is 2. The number of aliphatic hydroxyl groups is 2. The Balaban J connectivity index is 1.93. The largest absolute Gasteiger partial charge is 0.395 e. The van der Waals surface area contributed by atoms with Crippen LogP contribution < -0.4 is 0 Å². The Morgan fingerprint density at radius 2 is 1.67 bits per heavy atom. The summed E-state index contributed by atoms with van der Waals surface area (Å²) >= 11 is 0. The van der Waals surface area contributed by atoms with Gasteiger partial charge in [-0.2, -0.15) is 0 Å². The van der Waals surface area contributed by atoms with Crippen molar-refractivity contribution in [2.45, 2.75) is 13.0 Å². The summed E-state index contributed by atoms with van der Waals surface area (Å²) in [5.41, 5.74) is 2.31. The van der Waals surface area contributed by atoms with E-state index in [1.807, 2.05) is 12.1 Å². The zero-order valence-corrected chi connectivity index (χ0v) is 12.5. The molecule has 0 aromatic heterocycles. The Kier molecular flexibility index (Phi) is 6.71. The molecule has 0 bridgehead atoms. The topological polar surface area (TPSA) is 46.9 Å². The summed E-state index contributed by atoms with van der Waals surface area (Å²) in [5, 5.41) is 17.8. The van der Waals surface area contributed by atoms with Crippen LogP contribution in [-0.2, 0) is 6.54 Å². The van der Waals surface area contributed by atoms with Crippen molar-refractivity contribution < 1.29 is 10.2 Å². The summed E-state index contributed by atoms with van der Waals surface area (Å²) in [6.45, 7) is 6.12. The molecule has 0 spiro atoms. The van der Waals surface area contributed by atoms with Gasteiger partial charge in [0, 0.05) is 51.3 Å². The van der Waals surface area contributed by atoms with E-state index in [4.69, 9.17) is 10.2 Å². The van der Waals surface area contributed by atoms with E-state index < -0.39 is 0 Å². The van der Waals surface area contributed by atoms with E-state index in [2.05, 4.69) is 33.8 Å². The molecule has 0 atom stereocenters. The van der Waals surface area contributed by atoms with Crippen molar-refractivity contribution in [1.29, 1.82) is 0 Å². The van der Waals surface area contributed by atoms with Crippen LogP contribution in [0.1, 0.15) is 17.5 Å². The van der Waals surface area contributed by atoms with E-state index in [9.17, 15) is 0 Å². The van der Waals surface area contributed by atoms with Crippen molar-refractivity contribution in [1.82, 2.24) is 9.80 Å². The maximum Gasteiger partial charge on any atom is 0.0558 e. The summed E-state index contributed by atoms with van der Waals surface area (Å²) < 4.78 is 0. The third kappa shape index (κ3) is 5.14. The molecule has 21 heavy (non-hydrogen) atoms. The van der Waals surface area contributed by atoms with Gasteiger partial charge in [0.25, 0.3) is 0 Å². The highest BCUT2D eigenvalue weighted by Crippen LogP contribution is 2.12. The lowest BCUT2D eigenvalue weighted by Crippen LogP contribution is -2.46. The van der Waals surface area contributed by atoms with Crippen LogP contribution in [0.5, 0.6) is 0 Å². The first-order valence-corrected chi connectivity index (χ1v) is 7.56. The van der Waals surface area contributed by atoms with Gasteiger partial charge in [-0.1, -0.05) is 30.0 Å². The molecule has 1 aliphatic rings. The fourth-order valence-electron chi connectivity index (χ4n) is 2.55. The maximum absolute atomic E-state index is 8.97. The molecule has 0 aliphatic carbocycles. The number of hydrogen-bond donors (Lipinski definition) is 2. The monoisotopic (exact) mass is 288 g/mol. The molecule has 0 saturated carbocycles. The van der Waals surface area contributed by atoms with Gasteiger partial charge in [-0.25, -0.2) is 0 Å². The molecule has 1 heterocycles. The molecular weight excluding hydrogens is 264 g/mol. The quantitative estimate of drug-likeness (QED) is 0.776. The second kappa shape index (κ2) is 8.81. The molecule has 0 unspecified atom stereocenters. The third-order valence-corrected chi connectivity index (χ3v) is 3.75. The van der Waals surface area contributed by atoms with Crippen molar-refractivity contribution in [3.63, 3.8) is 0 Å². The highest BCUT2D eigenvalue weighted by molar-refractivity contribution is 5.41. The lowest BCUT2D eigenvalue weighted by atomic mass is 10.1. The summed E-state index contributed by atoms with van der Waals surface area (Å²) in [7, 11) is 0. The van der Waals surface area contributed by atoms with Crippen LogP contribution in [0.25, 0.3) is 0 Å². The van der Waals surface area contributed by atoms with Crippen LogP contribution in [-0.4, -0.2) is 66.0 Å². The Hall–Kier alpha value is -1.38. The molecule has 0 radical (unpaired) electrons. The normalized spacial score (nSPS) is 16.5. The molecule has 1 aliphatic heterocycles. The molecule has 1 aromatic rings. The molecular formula is C17H24N2O2. The highest BCUT2D eigenvalue weighted by atomic mass is 16.3. The molecule has 1 saturated heterocycles. The Morgan fingerprint density at radius 3 is 2.38 bits per heavy atom. The van der Waals surface area contributed by atoms with E-state index in [1.165, 1.54) is 5.56 Å². The molecule has 1 aromatic carbocycles. The van der Waals surface area contributed by atoms with E-state index in [0.717, 1.165) is 44.8 Å². The van der Waals surface area contributed by atoms with Crippen LogP contribution >= 0.6 is 0 Å². The van der Waals surface area contributed by atoms with E-state index >= 15 is 0 Å². The van der Waals surface area contributed by atoms with Crippen molar-refractivity contribution in [2.24, 2.45) is 0 Å². The van der Waals surface area contributed by atoms with E-state index in [0.29, 0.717) is 6.42 Å². The van der Waals surface area contributed by atoms with Crippen LogP contribution in [0.3, 0.4) is 0 Å². The van der Waals surface area contributed by atoms with Crippen molar-refractivity contribution in [3.8, 4) is 11.8 Å². The zero-order valence-electron chi connectivity index (χ0n) is 12.5. The fourth-order valence-corrected chi connectivity index (χ4v) is 2.55. The van der Waals surface area contributed by atoms with Gasteiger partial charge in [0.2, 0.25) is 0 Å². The SMILES string of the molecule is OCCC#Cc1ccccc1CN1CCN(CCO)CC1. The summed E-state index contributed by atoms with van der Waals surface area (Å²) in [5.74, 6) is 6.15. The van der Waals surface area contributed by atoms with Gasteiger partial charge < -0.3 is 10.2 Å². The first-order valence-electron chi connectivity index (χ1n) is 7.56. The first-order chi connectivity index (χ1) is 10.3. The summed E-state index contributed by atoms with van der Waals surface area (Å²) in [6.07, 6.45) is 0.522. The van der Waals surface area contributed by atoms with Crippen molar-refractivity contribution >= 4 is 0 Å². The molecule has 114 valence electrons. The average Bonchev–Trinajstić information content (AvgIpc) is 2.51. The lowest BCUT2D eigenvalue weighted by Gasteiger charge is -2.34. The van der Waals surface area contributed by atoms with Gasteiger partial charge in [0.1, 0.15) is 0 Å². The molecule has 4 nitrogen and oxygen atoms in total. The van der Waals surface area contributed by atoms with Gasteiger partial charge >= 0.3 is 0 Å². The Morgan fingerprint density at radius 1 is 0.952 bits per heavy atom. The van der Waals surface area contributed by atoms with Gasteiger partial charge in [0.05, 0.1) is 13.2 Å². The van der Waals surface area contributed by atoms with Crippen LogP contribution in [0, 0.1) is 11.8 Å². The van der Waals surface area contributed by atoms with Crippen LogP contribution in [0.4, 0.5) is 0 Å². The van der Waals surface area contributed by atoms with E-state index in [1.54, 1.807) is 0 Å². The number of nitrogens with zero attached hydrogens (tertiary/aromatic N) is 2. The average molecular weight is 288 g/mol. The Bertz CT molecular complexity index is 485. The lowest BCUT2D eigenvalue weighted by molar-refractivity contribution is 0.108. The molecule has 2 rings (SSSR count). The predicted molar refractivity (Wildman–Crippen MR) is 83.8 cm³/mol. The molecule has 4 heteroatoms. The highest BCUT2D eigenvalue weighted by Gasteiger charge is 2.16. The minimum absolute atomic E-state index is 0.113. The van der Waals surface area contributed by atoms with Crippen LogP contribution in [0.15, 0.2) is 24.3 Å². The number of benzene rings is 1. The van der Waals surface area contributed by atoms with Crippen LogP contribution in [0.2, 0.25) is 0 Å². The minimum Gasteiger partial charge on any atom is -0.395 e. The van der Waals surface area contributed by atoms with Gasteiger partial charge in [-0.15, -0.1) is 0 Å². The second-order valence-corrected chi connectivity index (χ2v) is 5.27. The van der Waals surface area contributed by atoms with Gasteiger partial charge in [-0.05, 0) is 11.6 Å². The van der Waals surface area contributed by atoms with Gasteiger partial charge in [-0.3, -0.25) is 9.80 Å². The minimum atomic E-state index is 0.113. The number of rotatable bonds is 5. The predicted octanol–water partition coefficient (Wildman–Crippen LogP) is 0.530. The fraction of sp³-hybridized carbons (Fsp3) is 0.529. The summed E-state index contributed by atoms with van der Waals surface area (Å²) in [6, 6.07) is 8.23. The maximum atomic E-state index is 8.97. The molecule has 2 N–H and O–H groups in total. The van der Waals surface area contributed by atoms with Crippen molar-refractivity contribution in [3.05, 3.63) is 35.4 Å². The number of piperazine rings is 1. The molecule has 0 amide bonds. The van der Waals surface area contributed by atoms with Crippen molar-refractivity contribution in [2.75, 3.05) is 45.9 Å². The van der Waals surface area contributed by atoms with E-state index in [-0.39, 0.29) is 13.2 Å². The standard InChI is InChI=1S/C17H24N2O2/c20-13-4-3-6-16-5-1-2-7-17(16)15-19-10-8-18(9-11-19)12-14-21/h1-2,5,7,20-21H,4,8-15H2. The van der Waals surface area contributed by atoms with Gasteiger partial charge in [0.15, 0.2) is 0 Å². The number of β-amino-alcohol motifs (C(OH)–C–C–N with tert-alkyl or cyclic N) is 1. The molecule has 1 fully saturated rings. The zero-order chi connectivity index (χ0) is 14.9. The second-order valence-electron chi connectivity index (χ2n) is 5.27. The first kappa shape index (κ1) is 16.0. The number of hydrogen-bond acceptors (Lipinski definition) is 4.